The van der Waals surface area contributed by atoms with Crippen LogP contribution in [0.3, 0.4) is 0 Å². The molecule has 3 rings (SSSR count). The van der Waals surface area contributed by atoms with Crippen LogP contribution in [0.5, 0.6) is 11.5 Å². The smallest absolute Gasteiger partial charge is 0.328 e. The fourth-order valence-corrected chi connectivity index (χ4v) is 3.12. The largest absolute Gasteiger partial charge is 0.485 e. The lowest BCUT2D eigenvalue weighted by atomic mass is 10.2. The van der Waals surface area contributed by atoms with E-state index in [1.165, 1.54) is 24.1 Å². The molecule has 1 heterocycles. The molecule has 6 nitrogen and oxygen atoms in total. The number of para-hydroxylation sites is 1. The van der Waals surface area contributed by atoms with E-state index in [2.05, 4.69) is 0 Å². The number of rotatable bonds is 6. The summed E-state index contributed by atoms with van der Waals surface area (Å²) in [5.41, 5.74) is 0. The van der Waals surface area contributed by atoms with E-state index in [0.717, 1.165) is 0 Å². The maximum absolute atomic E-state index is 13.8. The Kier molecular flexibility index (Phi) is 6.36. The van der Waals surface area contributed by atoms with Gasteiger partial charge < -0.3 is 19.1 Å². The zero-order valence-electron chi connectivity index (χ0n) is 15.1. The Morgan fingerprint density at radius 1 is 1.18 bits per heavy atom. The summed E-state index contributed by atoms with van der Waals surface area (Å²) < 4.78 is 29.7. The van der Waals surface area contributed by atoms with Crippen LogP contribution in [0.1, 0.15) is 6.42 Å². The van der Waals surface area contributed by atoms with Gasteiger partial charge in [-0.3, -0.25) is 4.79 Å². The van der Waals surface area contributed by atoms with Crippen LogP contribution in [-0.2, 0) is 14.3 Å². The SMILES string of the molecule is COC(=O)[C@H]1C[C@@H](Oc2ccccc2F)CN1C(=O)COc1ccc(Cl)cc1. The van der Waals surface area contributed by atoms with E-state index in [1.54, 1.807) is 36.4 Å². The molecular weight excluding hydrogens is 389 g/mol. The fourth-order valence-electron chi connectivity index (χ4n) is 3.00. The van der Waals surface area contributed by atoms with Crippen molar-refractivity contribution in [1.82, 2.24) is 4.90 Å². The van der Waals surface area contributed by atoms with Gasteiger partial charge in [-0.1, -0.05) is 23.7 Å². The highest BCUT2D eigenvalue weighted by Gasteiger charge is 2.41. The van der Waals surface area contributed by atoms with Gasteiger partial charge in [0.2, 0.25) is 0 Å². The average Bonchev–Trinajstić information content (AvgIpc) is 3.12. The number of hydrogen-bond acceptors (Lipinski definition) is 5. The molecule has 1 saturated heterocycles. The number of hydrogen-bond donors (Lipinski definition) is 0. The standard InChI is InChI=1S/C20H19ClFNO5/c1-26-20(25)17-10-15(28-18-5-3-2-4-16(18)22)11-23(17)19(24)12-27-14-8-6-13(21)7-9-14/h2-9,15,17H,10-12H2,1H3/t15-,17-/m1/s1. The molecule has 1 fully saturated rings. The van der Waals surface area contributed by atoms with E-state index in [0.29, 0.717) is 10.8 Å². The zero-order chi connectivity index (χ0) is 20.1. The number of esters is 1. The van der Waals surface area contributed by atoms with Gasteiger partial charge in [0, 0.05) is 11.4 Å². The van der Waals surface area contributed by atoms with Crippen LogP contribution in [0.15, 0.2) is 48.5 Å². The minimum atomic E-state index is -0.817. The Morgan fingerprint density at radius 2 is 1.89 bits per heavy atom. The lowest BCUT2D eigenvalue weighted by Gasteiger charge is -2.22. The first kappa shape index (κ1) is 19.9. The molecule has 0 N–H and O–H groups in total. The maximum Gasteiger partial charge on any atom is 0.328 e. The van der Waals surface area contributed by atoms with Crippen LogP contribution < -0.4 is 9.47 Å². The van der Waals surface area contributed by atoms with Crippen LogP contribution in [0.2, 0.25) is 5.02 Å². The summed E-state index contributed by atoms with van der Waals surface area (Å²) in [6, 6.07) is 11.7. The molecule has 2 aromatic carbocycles. The van der Waals surface area contributed by atoms with Gasteiger partial charge in [-0.2, -0.15) is 0 Å². The highest BCUT2D eigenvalue weighted by atomic mass is 35.5. The van der Waals surface area contributed by atoms with Gasteiger partial charge in [0.25, 0.3) is 5.91 Å². The summed E-state index contributed by atoms with van der Waals surface area (Å²) in [6.45, 7) is -0.140. The summed E-state index contributed by atoms with van der Waals surface area (Å²) in [4.78, 5) is 26.1. The monoisotopic (exact) mass is 407 g/mol. The van der Waals surface area contributed by atoms with Crippen molar-refractivity contribution in [3.8, 4) is 11.5 Å². The summed E-state index contributed by atoms with van der Waals surface area (Å²) >= 11 is 5.82. The van der Waals surface area contributed by atoms with E-state index < -0.39 is 29.8 Å². The van der Waals surface area contributed by atoms with Crippen molar-refractivity contribution in [2.75, 3.05) is 20.3 Å². The molecule has 0 saturated carbocycles. The Hall–Kier alpha value is -2.80. The predicted molar refractivity (Wildman–Crippen MR) is 99.9 cm³/mol. The van der Waals surface area contributed by atoms with Crippen molar-refractivity contribution >= 4 is 23.5 Å². The first-order chi connectivity index (χ1) is 13.5. The summed E-state index contributed by atoms with van der Waals surface area (Å²) in [5.74, 6) is -0.911. The topological polar surface area (TPSA) is 65.1 Å². The van der Waals surface area contributed by atoms with Crippen molar-refractivity contribution in [1.29, 1.82) is 0 Å². The van der Waals surface area contributed by atoms with Gasteiger partial charge in [-0.15, -0.1) is 0 Å². The first-order valence-electron chi connectivity index (χ1n) is 8.64. The van der Waals surface area contributed by atoms with Crippen molar-refractivity contribution < 1.29 is 28.2 Å². The second-order valence-corrected chi connectivity index (χ2v) is 6.67. The third-order valence-electron chi connectivity index (χ3n) is 4.36. The summed E-state index contributed by atoms with van der Waals surface area (Å²) in [7, 11) is 1.25. The van der Waals surface area contributed by atoms with Gasteiger partial charge in [0.15, 0.2) is 18.2 Å². The van der Waals surface area contributed by atoms with Crippen LogP contribution in [0.4, 0.5) is 4.39 Å². The summed E-state index contributed by atoms with van der Waals surface area (Å²) in [6.07, 6.45) is -0.339. The lowest BCUT2D eigenvalue weighted by molar-refractivity contribution is -0.151. The second-order valence-electron chi connectivity index (χ2n) is 6.23. The number of ether oxygens (including phenoxy) is 3. The Balaban J connectivity index is 1.66. The number of benzene rings is 2. The normalized spacial score (nSPS) is 18.6. The van der Waals surface area contributed by atoms with Gasteiger partial charge in [0.05, 0.1) is 13.7 Å². The van der Waals surface area contributed by atoms with Gasteiger partial charge in [0.1, 0.15) is 17.9 Å². The molecule has 2 aromatic rings. The number of nitrogens with zero attached hydrogens (tertiary/aromatic N) is 1. The molecule has 0 aromatic heterocycles. The molecule has 8 heteroatoms. The first-order valence-corrected chi connectivity index (χ1v) is 9.02. The fraction of sp³-hybridized carbons (Fsp3) is 0.300. The van der Waals surface area contributed by atoms with Crippen LogP contribution in [0, 0.1) is 5.82 Å². The molecule has 148 valence electrons. The molecule has 0 unspecified atom stereocenters. The number of halogens is 2. The molecule has 1 aliphatic rings. The predicted octanol–water partition coefficient (Wildman–Crippen LogP) is 3.08. The van der Waals surface area contributed by atoms with Crippen molar-refractivity contribution in [2.24, 2.45) is 0 Å². The van der Waals surface area contributed by atoms with E-state index in [1.807, 2.05) is 0 Å². The van der Waals surface area contributed by atoms with Crippen molar-refractivity contribution in [2.45, 2.75) is 18.6 Å². The molecule has 0 spiro atoms. The minimum absolute atomic E-state index is 0.0721. The maximum atomic E-state index is 13.8. The minimum Gasteiger partial charge on any atom is -0.485 e. The average molecular weight is 408 g/mol. The quantitative estimate of drug-likeness (QED) is 0.688. The van der Waals surface area contributed by atoms with Crippen LogP contribution in [-0.4, -0.2) is 49.2 Å². The van der Waals surface area contributed by atoms with Crippen molar-refractivity contribution in [3.63, 3.8) is 0 Å². The lowest BCUT2D eigenvalue weighted by Crippen LogP contribution is -2.43. The third-order valence-corrected chi connectivity index (χ3v) is 4.61. The Labute approximate surface area is 166 Å². The third kappa shape index (κ3) is 4.72. The van der Waals surface area contributed by atoms with Gasteiger partial charge in [-0.05, 0) is 36.4 Å². The van der Waals surface area contributed by atoms with Gasteiger partial charge in [-0.25, -0.2) is 9.18 Å². The Bertz CT molecular complexity index is 845. The number of likely N-dealkylation sites (tertiary alicyclic amines) is 1. The van der Waals surface area contributed by atoms with E-state index in [-0.39, 0.29) is 25.3 Å². The molecule has 0 radical (unpaired) electrons. The molecule has 1 amide bonds. The molecule has 0 aliphatic carbocycles. The molecule has 0 bridgehead atoms. The molecule has 2 atom stereocenters. The van der Waals surface area contributed by atoms with Crippen molar-refractivity contribution in [3.05, 3.63) is 59.4 Å². The molecule has 1 aliphatic heterocycles. The van der Waals surface area contributed by atoms with Crippen LogP contribution in [0.25, 0.3) is 0 Å². The van der Waals surface area contributed by atoms with E-state index >= 15 is 0 Å². The Morgan fingerprint density at radius 3 is 2.57 bits per heavy atom. The number of carbonyl (C=O) groups excluding carboxylic acids is 2. The number of carbonyl (C=O) groups is 2. The number of amides is 1. The highest BCUT2D eigenvalue weighted by molar-refractivity contribution is 6.30. The summed E-state index contributed by atoms with van der Waals surface area (Å²) in [5, 5.41) is 0.553. The van der Waals surface area contributed by atoms with Gasteiger partial charge >= 0.3 is 5.97 Å². The van der Waals surface area contributed by atoms with E-state index in [4.69, 9.17) is 25.8 Å². The second kappa shape index (κ2) is 8.93. The molecule has 28 heavy (non-hydrogen) atoms. The molecular formula is C20H19ClFNO5. The number of methoxy groups -OCH3 is 1. The van der Waals surface area contributed by atoms with E-state index in [9.17, 15) is 14.0 Å². The zero-order valence-corrected chi connectivity index (χ0v) is 15.9. The highest BCUT2D eigenvalue weighted by Crippen LogP contribution is 2.26. The van der Waals surface area contributed by atoms with Crippen LogP contribution >= 0.6 is 11.6 Å².